The molecule has 0 aliphatic heterocycles. The molecule has 3 N–H and O–H groups in total. The smallest absolute Gasteiger partial charge is 0.321 e. The van der Waals surface area contributed by atoms with Crippen molar-refractivity contribution in [2.24, 2.45) is 5.73 Å². The molecule has 0 radical (unpaired) electrons. The van der Waals surface area contributed by atoms with Crippen LogP contribution in [-0.4, -0.2) is 38.9 Å². The van der Waals surface area contributed by atoms with Crippen molar-refractivity contribution in [3.05, 3.63) is 0 Å². The summed E-state index contributed by atoms with van der Waals surface area (Å²) in [5.74, 6) is -5.57. The maximum Gasteiger partial charge on any atom is 0.454 e. The van der Waals surface area contributed by atoms with E-state index >= 15 is 0 Å². The average Bonchev–Trinajstić information content (AvgIpc) is 2.12. The lowest BCUT2D eigenvalue weighted by atomic mass is 10.1. The van der Waals surface area contributed by atoms with E-state index in [1.807, 2.05) is 0 Å². The normalized spacial score (nSPS) is 16.2. The molecule has 0 rings (SSSR count). The van der Waals surface area contributed by atoms with E-state index in [9.17, 15) is 30.4 Å². The Morgan fingerprint density at radius 1 is 1.25 bits per heavy atom. The van der Waals surface area contributed by atoms with Gasteiger partial charge in [-0.3, -0.25) is 0 Å². The Labute approximate surface area is 89.0 Å². The third kappa shape index (κ3) is 3.83. The van der Waals surface area contributed by atoms with Crippen LogP contribution in [0.15, 0.2) is 0 Å². The van der Waals surface area contributed by atoms with E-state index in [0.29, 0.717) is 0 Å². The molecule has 0 aromatic heterocycles. The molecular formula is C6H11F5N2O2S. The summed E-state index contributed by atoms with van der Waals surface area (Å²) in [6.07, 6.45) is -5.80. The van der Waals surface area contributed by atoms with Gasteiger partial charge in [0.15, 0.2) is 0 Å². The average molecular weight is 270 g/mol. The fourth-order valence-corrected chi connectivity index (χ4v) is 1.29. The molecule has 0 aliphatic carbocycles. The highest BCUT2D eigenvalue weighted by atomic mass is 32.2. The second-order valence-electron chi connectivity index (χ2n) is 2.98. The Kier molecular flexibility index (Phi) is 4.65. The van der Waals surface area contributed by atoms with Crippen LogP contribution in [0.25, 0.3) is 0 Å². The van der Waals surface area contributed by atoms with Crippen molar-refractivity contribution >= 4 is 10.0 Å². The highest BCUT2D eigenvalue weighted by Gasteiger charge is 2.61. The summed E-state index contributed by atoms with van der Waals surface area (Å²) in [4.78, 5) is 0. The van der Waals surface area contributed by atoms with E-state index in [0.717, 1.165) is 0 Å². The number of hydrogen-bond acceptors (Lipinski definition) is 3. The molecule has 0 saturated carbocycles. The van der Waals surface area contributed by atoms with Crippen molar-refractivity contribution in [3.8, 4) is 0 Å². The van der Waals surface area contributed by atoms with E-state index in [4.69, 9.17) is 0 Å². The van der Waals surface area contributed by atoms with Gasteiger partial charge >= 0.3 is 12.1 Å². The first-order chi connectivity index (χ1) is 6.94. The molecule has 0 heterocycles. The summed E-state index contributed by atoms with van der Waals surface area (Å²) < 4.78 is 83.5. The van der Waals surface area contributed by atoms with Crippen LogP contribution in [0.4, 0.5) is 22.0 Å². The first-order valence-corrected chi connectivity index (χ1v) is 5.76. The molecule has 0 aromatic carbocycles. The van der Waals surface area contributed by atoms with Gasteiger partial charge in [0.2, 0.25) is 10.0 Å². The second-order valence-corrected chi connectivity index (χ2v) is 5.07. The van der Waals surface area contributed by atoms with Crippen LogP contribution in [0.1, 0.15) is 6.92 Å². The lowest BCUT2D eigenvalue weighted by Gasteiger charge is -2.25. The molecule has 98 valence electrons. The molecule has 0 amide bonds. The van der Waals surface area contributed by atoms with Crippen molar-refractivity contribution in [3.63, 3.8) is 0 Å². The molecule has 10 heteroatoms. The summed E-state index contributed by atoms with van der Waals surface area (Å²) in [5, 5.41) is 0. The Morgan fingerprint density at radius 2 is 1.69 bits per heavy atom. The van der Waals surface area contributed by atoms with Gasteiger partial charge in [-0.05, 0) is 6.92 Å². The summed E-state index contributed by atoms with van der Waals surface area (Å²) in [5.41, 5.74) is 4.60. The van der Waals surface area contributed by atoms with E-state index in [-0.39, 0.29) is 0 Å². The highest BCUT2D eigenvalue weighted by Crippen LogP contribution is 2.37. The van der Waals surface area contributed by atoms with Crippen LogP contribution in [-0.2, 0) is 10.0 Å². The van der Waals surface area contributed by atoms with E-state index in [1.165, 1.54) is 6.92 Å². The van der Waals surface area contributed by atoms with Crippen LogP contribution >= 0.6 is 0 Å². The summed E-state index contributed by atoms with van der Waals surface area (Å²) in [6.45, 7) is 0.0262. The lowest BCUT2D eigenvalue weighted by molar-refractivity contribution is -0.288. The molecule has 0 aromatic rings. The zero-order chi connectivity index (χ0) is 13.2. The topological polar surface area (TPSA) is 72.2 Å². The van der Waals surface area contributed by atoms with Gasteiger partial charge in [0.05, 0.1) is 11.8 Å². The van der Waals surface area contributed by atoms with E-state index < -0.39 is 40.5 Å². The molecular weight excluding hydrogens is 259 g/mol. The van der Waals surface area contributed by atoms with Gasteiger partial charge in [0, 0.05) is 6.54 Å². The summed E-state index contributed by atoms with van der Waals surface area (Å²) in [6, 6.07) is -2.66. The number of sulfonamides is 1. The Hall–Kier alpha value is -0.480. The zero-order valence-electron chi connectivity index (χ0n) is 8.18. The van der Waals surface area contributed by atoms with Gasteiger partial charge in [0.1, 0.15) is 0 Å². The molecule has 4 nitrogen and oxygen atoms in total. The van der Waals surface area contributed by atoms with Crippen LogP contribution in [0, 0.1) is 0 Å². The number of hydrogen-bond donors (Lipinski definition) is 2. The van der Waals surface area contributed by atoms with Crippen molar-refractivity contribution in [1.82, 2.24) is 4.72 Å². The van der Waals surface area contributed by atoms with Crippen molar-refractivity contribution in [2.45, 2.75) is 25.1 Å². The Bertz CT molecular complexity index is 326. The van der Waals surface area contributed by atoms with Gasteiger partial charge in [0.25, 0.3) is 0 Å². The number of rotatable bonds is 5. The zero-order valence-corrected chi connectivity index (χ0v) is 9.00. The van der Waals surface area contributed by atoms with Crippen molar-refractivity contribution < 1.29 is 30.4 Å². The molecule has 1 atom stereocenters. The van der Waals surface area contributed by atoms with Gasteiger partial charge in [-0.15, -0.1) is 0 Å². The third-order valence-electron chi connectivity index (χ3n) is 1.75. The summed E-state index contributed by atoms with van der Waals surface area (Å²) in [7, 11) is -3.85. The second kappa shape index (κ2) is 4.80. The molecule has 0 saturated heterocycles. The van der Waals surface area contributed by atoms with Gasteiger partial charge in [-0.25, -0.2) is 13.1 Å². The molecule has 0 fully saturated rings. The Morgan fingerprint density at radius 3 is 2.00 bits per heavy atom. The monoisotopic (exact) mass is 270 g/mol. The molecule has 16 heavy (non-hydrogen) atoms. The maximum absolute atomic E-state index is 12.5. The highest BCUT2D eigenvalue weighted by molar-refractivity contribution is 7.89. The van der Waals surface area contributed by atoms with Crippen molar-refractivity contribution in [1.29, 1.82) is 0 Å². The predicted octanol–water partition coefficient (Wildman–Crippen LogP) is 0.451. The van der Waals surface area contributed by atoms with Crippen molar-refractivity contribution in [2.75, 3.05) is 12.3 Å². The first-order valence-electron chi connectivity index (χ1n) is 4.11. The standard InChI is InChI=1S/C6H11F5N2O2S/c1-2-16(14,15)13-3-4(12)5(7,8)6(9,10)11/h4,13H,2-3,12H2,1H3. The maximum atomic E-state index is 12.5. The van der Waals surface area contributed by atoms with Gasteiger partial charge in [-0.1, -0.05) is 0 Å². The fraction of sp³-hybridized carbons (Fsp3) is 1.00. The first kappa shape index (κ1) is 15.5. The third-order valence-corrected chi connectivity index (χ3v) is 3.11. The number of halogens is 5. The van der Waals surface area contributed by atoms with Gasteiger partial charge < -0.3 is 5.73 Å². The quantitative estimate of drug-likeness (QED) is 0.712. The van der Waals surface area contributed by atoms with Crippen LogP contribution in [0.2, 0.25) is 0 Å². The number of alkyl halides is 5. The lowest BCUT2D eigenvalue weighted by Crippen LogP contribution is -2.56. The SMILES string of the molecule is CCS(=O)(=O)NCC(N)C(F)(F)C(F)(F)F. The summed E-state index contributed by atoms with van der Waals surface area (Å²) >= 11 is 0. The predicted molar refractivity (Wildman–Crippen MR) is 46.4 cm³/mol. The largest absolute Gasteiger partial charge is 0.454 e. The molecule has 0 bridgehead atoms. The minimum absolute atomic E-state index is 0.433. The number of nitrogens with two attached hydrogens (primary N) is 1. The van der Waals surface area contributed by atoms with Crippen LogP contribution < -0.4 is 10.5 Å². The fourth-order valence-electron chi connectivity index (χ4n) is 0.657. The molecule has 0 aliphatic rings. The molecule has 0 spiro atoms. The minimum Gasteiger partial charge on any atom is -0.321 e. The van der Waals surface area contributed by atoms with Crippen LogP contribution in [0.3, 0.4) is 0 Å². The van der Waals surface area contributed by atoms with E-state index in [1.54, 1.807) is 4.72 Å². The van der Waals surface area contributed by atoms with Crippen LogP contribution in [0.5, 0.6) is 0 Å². The van der Waals surface area contributed by atoms with E-state index in [2.05, 4.69) is 5.73 Å². The van der Waals surface area contributed by atoms with Gasteiger partial charge in [-0.2, -0.15) is 22.0 Å². The Balaban J connectivity index is 4.55. The number of nitrogens with one attached hydrogen (secondary N) is 1. The molecule has 1 unspecified atom stereocenters. The minimum atomic E-state index is -5.80.